The third-order valence-corrected chi connectivity index (χ3v) is 9.73. The first-order valence-electron chi connectivity index (χ1n) is 14.7. The van der Waals surface area contributed by atoms with Gasteiger partial charge in [-0.1, -0.05) is 31.2 Å². The molecule has 2 saturated carbocycles. The summed E-state index contributed by atoms with van der Waals surface area (Å²) < 4.78 is 50.7. The molecule has 0 bridgehead atoms. The minimum Gasteiger partial charge on any atom is -0.487 e. The topological polar surface area (TPSA) is 59.0 Å². The van der Waals surface area contributed by atoms with Crippen LogP contribution in [0.1, 0.15) is 98.9 Å². The quantitative estimate of drug-likeness (QED) is 0.362. The number of aliphatic carboxylic acids is 1. The van der Waals surface area contributed by atoms with E-state index in [0.29, 0.717) is 17.4 Å². The van der Waals surface area contributed by atoms with Crippen LogP contribution in [0, 0.1) is 11.8 Å². The molecular formula is C32H38F3NO4. The number of aryl methyl sites for hydroxylation is 1. The molecule has 3 fully saturated rings. The first-order chi connectivity index (χ1) is 19.0. The predicted molar refractivity (Wildman–Crippen MR) is 145 cm³/mol. The van der Waals surface area contributed by atoms with Gasteiger partial charge in [0, 0.05) is 24.7 Å². The van der Waals surface area contributed by atoms with Gasteiger partial charge in [0.05, 0.1) is 5.92 Å². The van der Waals surface area contributed by atoms with Crippen LogP contribution in [0.15, 0.2) is 36.4 Å². The van der Waals surface area contributed by atoms with E-state index < -0.39 is 18.2 Å². The van der Waals surface area contributed by atoms with Crippen LogP contribution in [0.3, 0.4) is 0 Å². The fraction of sp³-hybridized carbons (Fsp3) is 0.594. The Bertz CT molecular complexity index is 1260. The van der Waals surface area contributed by atoms with Crippen LogP contribution >= 0.6 is 0 Å². The minimum absolute atomic E-state index is 0.00788. The fourth-order valence-electron chi connectivity index (χ4n) is 6.95. The molecule has 1 unspecified atom stereocenters. The monoisotopic (exact) mass is 557 g/mol. The van der Waals surface area contributed by atoms with Crippen molar-refractivity contribution in [1.82, 2.24) is 4.90 Å². The number of alkyl halides is 3. The van der Waals surface area contributed by atoms with E-state index in [0.717, 1.165) is 86.9 Å². The van der Waals surface area contributed by atoms with Crippen molar-refractivity contribution in [2.45, 2.75) is 95.1 Å². The van der Waals surface area contributed by atoms with Gasteiger partial charge in [0.1, 0.15) is 17.1 Å². The molecule has 40 heavy (non-hydrogen) atoms. The van der Waals surface area contributed by atoms with E-state index in [1.165, 1.54) is 6.07 Å². The van der Waals surface area contributed by atoms with Gasteiger partial charge in [-0.25, -0.2) is 0 Å². The van der Waals surface area contributed by atoms with E-state index >= 15 is 0 Å². The standard InChI is InChI=1S/C32H38F3NO4/c1-19(30(37)38)29(23-6-7-23)25-8-5-22-11-12-31(39-28(22)18-25)13-15-36(16-14-31)20(2)26-17-24(21-3-4-21)9-10-27(26)40-32(33,34)35/h5,8-10,17-21,23,29H,3-4,6-7,11-16H2,1-2H3,(H,37,38)/t19-,20?,29-/m0/s1. The smallest absolute Gasteiger partial charge is 0.487 e. The molecule has 0 aromatic heterocycles. The average molecular weight is 558 g/mol. The van der Waals surface area contributed by atoms with Gasteiger partial charge in [-0.05, 0) is 105 Å². The molecule has 0 radical (unpaired) electrons. The van der Waals surface area contributed by atoms with Crippen LogP contribution in [0.25, 0.3) is 0 Å². The molecule has 2 aliphatic heterocycles. The molecule has 2 aromatic rings. The van der Waals surface area contributed by atoms with E-state index in [9.17, 15) is 23.1 Å². The Morgan fingerprint density at radius 3 is 2.40 bits per heavy atom. The number of hydrogen-bond acceptors (Lipinski definition) is 4. The zero-order chi connectivity index (χ0) is 28.2. The Kier molecular flexibility index (Phi) is 7.04. The molecule has 1 N–H and O–H groups in total. The van der Waals surface area contributed by atoms with Crippen molar-refractivity contribution in [2.75, 3.05) is 13.1 Å². The number of piperidine rings is 1. The van der Waals surface area contributed by atoms with Crippen LogP contribution < -0.4 is 9.47 Å². The molecule has 2 aliphatic carbocycles. The van der Waals surface area contributed by atoms with Crippen LogP contribution in [0.4, 0.5) is 13.2 Å². The summed E-state index contributed by atoms with van der Waals surface area (Å²) in [6.45, 7) is 5.21. The molecule has 5 nitrogen and oxygen atoms in total. The molecule has 8 heteroatoms. The number of carbonyl (C=O) groups is 1. The van der Waals surface area contributed by atoms with Gasteiger partial charge in [0.15, 0.2) is 0 Å². The van der Waals surface area contributed by atoms with E-state index in [1.54, 1.807) is 13.0 Å². The summed E-state index contributed by atoms with van der Waals surface area (Å²) in [5.74, 6) is 0.390. The van der Waals surface area contributed by atoms with Crippen LogP contribution in [0.2, 0.25) is 0 Å². The maximum Gasteiger partial charge on any atom is 0.573 e. The average Bonchev–Trinajstić information content (AvgIpc) is 3.83. The molecule has 3 atom stereocenters. The Morgan fingerprint density at radius 1 is 1.05 bits per heavy atom. The van der Waals surface area contributed by atoms with Crippen molar-refractivity contribution in [3.05, 3.63) is 58.7 Å². The van der Waals surface area contributed by atoms with Gasteiger partial charge >= 0.3 is 12.3 Å². The molecule has 0 amide bonds. The third kappa shape index (κ3) is 5.69. The zero-order valence-electron chi connectivity index (χ0n) is 23.2. The fourth-order valence-corrected chi connectivity index (χ4v) is 6.95. The molecule has 4 aliphatic rings. The summed E-state index contributed by atoms with van der Waals surface area (Å²) in [6, 6.07) is 11.2. The maximum atomic E-state index is 13.2. The SMILES string of the molecule is CC(c1cc(C2CC2)ccc1OC(F)(F)F)N1CCC2(CCc3ccc([C@H](C4CC4)[C@H](C)C(=O)O)cc3O2)CC1. The lowest BCUT2D eigenvalue weighted by Crippen LogP contribution is -2.50. The van der Waals surface area contributed by atoms with E-state index in [1.807, 2.05) is 13.0 Å². The Balaban J connectivity index is 1.17. The van der Waals surface area contributed by atoms with E-state index in [-0.39, 0.29) is 23.3 Å². The number of fused-ring (bicyclic) bond motifs is 1. The molecule has 2 aromatic carbocycles. The highest BCUT2D eigenvalue weighted by atomic mass is 19.4. The summed E-state index contributed by atoms with van der Waals surface area (Å²) >= 11 is 0. The van der Waals surface area contributed by atoms with Crippen LogP contribution in [-0.4, -0.2) is 41.0 Å². The largest absolute Gasteiger partial charge is 0.573 e. The van der Waals surface area contributed by atoms with Gasteiger partial charge in [-0.2, -0.15) is 0 Å². The number of halogens is 3. The second-order valence-corrected chi connectivity index (χ2v) is 12.5. The van der Waals surface area contributed by atoms with Crippen molar-refractivity contribution >= 4 is 5.97 Å². The number of benzene rings is 2. The number of nitrogens with zero attached hydrogens (tertiary/aromatic N) is 1. The molecule has 1 saturated heterocycles. The Morgan fingerprint density at radius 2 is 1.77 bits per heavy atom. The summed E-state index contributed by atoms with van der Waals surface area (Å²) in [5, 5.41) is 9.70. The summed E-state index contributed by atoms with van der Waals surface area (Å²) in [4.78, 5) is 14.1. The van der Waals surface area contributed by atoms with Crippen molar-refractivity contribution in [2.24, 2.45) is 11.8 Å². The lowest BCUT2D eigenvalue weighted by molar-refractivity contribution is -0.275. The Hall–Kier alpha value is -2.74. The highest BCUT2D eigenvalue weighted by Gasteiger charge is 2.43. The number of hydrogen-bond donors (Lipinski definition) is 1. The number of likely N-dealkylation sites (tertiary alicyclic amines) is 1. The van der Waals surface area contributed by atoms with Crippen molar-refractivity contribution in [3.8, 4) is 11.5 Å². The lowest BCUT2D eigenvalue weighted by Gasteiger charge is -2.46. The normalized spacial score (nSPS) is 23.1. The molecule has 216 valence electrons. The van der Waals surface area contributed by atoms with Crippen molar-refractivity contribution in [3.63, 3.8) is 0 Å². The summed E-state index contributed by atoms with van der Waals surface area (Å²) in [5.41, 5.74) is 3.59. The molecule has 6 rings (SSSR count). The third-order valence-electron chi connectivity index (χ3n) is 9.73. The van der Waals surface area contributed by atoms with Gasteiger partial charge < -0.3 is 14.6 Å². The van der Waals surface area contributed by atoms with Crippen LogP contribution in [-0.2, 0) is 11.2 Å². The van der Waals surface area contributed by atoms with Gasteiger partial charge in [-0.3, -0.25) is 9.69 Å². The van der Waals surface area contributed by atoms with Gasteiger partial charge in [0.25, 0.3) is 0 Å². The first-order valence-corrected chi connectivity index (χ1v) is 14.7. The summed E-state index contributed by atoms with van der Waals surface area (Å²) in [6.07, 6.45) is 2.94. The zero-order valence-corrected chi connectivity index (χ0v) is 23.2. The van der Waals surface area contributed by atoms with Crippen LogP contribution in [0.5, 0.6) is 11.5 Å². The van der Waals surface area contributed by atoms with Crippen molar-refractivity contribution < 1.29 is 32.5 Å². The molecular weight excluding hydrogens is 519 g/mol. The number of rotatable bonds is 8. The minimum atomic E-state index is -4.73. The predicted octanol–water partition coefficient (Wildman–Crippen LogP) is 7.60. The lowest BCUT2D eigenvalue weighted by atomic mass is 9.80. The van der Waals surface area contributed by atoms with Gasteiger partial charge in [-0.15, -0.1) is 13.2 Å². The number of carboxylic acid groups (broad SMARTS) is 1. The first kappa shape index (κ1) is 27.4. The highest BCUT2D eigenvalue weighted by Crippen LogP contribution is 2.49. The molecule has 1 spiro atoms. The number of carboxylic acids is 1. The highest BCUT2D eigenvalue weighted by molar-refractivity contribution is 5.71. The maximum absolute atomic E-state index is 13.2. The second kappa shape index (κ2) is 10.3. The summed E-state index contributed by atoms with van der Waals surface area (Å²) in [7, 11) is 0. The second-order valence-electron chi connectivity index (χ2n) is 12.5. The van der Waals surface area contributed by atoms with Crippen molar-refractivity contribution in [1.29, 1.82) is 0 Å². The van der Waals surface area contributed by atoms with E-state index in [2.05, 4.69) is 27.8 Å². The number of ether oxygens (including phenoxy) is 2. The Labute approximate surface area is 233 Å². The van der Waals surface area contributed by atoms with Gasteiger partial charge in [0.2, 0.25) is 0 Å². The molecule has 2 heterocycles. The van der Waals surface area contributed by atoms with E-state index in [4.69, 9.17) is 4.74 Å².